The zero-order chi connectivity index (χ0) is 23.7. The van der Waals surface area contributed by atoms with E-state index in [0.29, 0.717) is 32.1 Å². The average molecular weight is 471 g/mol. The third-order valence-electron chi connectivity index (χ3n) is 10.2. The Morgan fingerprint density at radius 3 is 2.53 bits per heavy atom. The molecule has 4 fully saturated rings. The van der Waals surface area contributed by atoms with Gasteiger partial charge in [-0.25, -0.2) is 4.39 Å². The summed E-state index contributed by atoms with van der Waals surface area (Å²) in [5, 5.41) is 11.5. The largest absolute Gasteiger partial charge is 0.450 e. The number of hydrogen-bond donors (Lipinski definition) is 1. The van der Waals surface area contributed by atoms with Crippen molar-refractivity contribution in [2.24, 2.45) is 34.5 Å². The lowest BCUT2D eigenvalue weighted by Gasteiger charge is -2.65. The molecule has 0 spiro atoms. The number of carbonyl (C=O) groups excluding carboxylic acids is 3. The zero-order valence-corrected chi connectivity index (χ0v) is 20.3. The van der Waals surface area contributed by atoms with Crippen LogP contribution in [-0.2, 0) is 19.1 Å². The van der Waals surface area contributed by atoms with Gasteiger partial charge in [0.1, 0.15) is 11.5 Å². The molecule has 0 bridgehead atoms. The summed E-state index contributed by atoms with van der Waals surface area (Å²) in [6.45, 7) is 7.36. The van der Waals surface area contributed by atoms with E-state index in [1.54, 1.807) is 6.92 Å². The second kappa shape index (κ2) is 7.76. The van der Waals surface area contributed by atoms with Gasteiger partial charge in [0.25, 0.3) is 0 Å². The molecule has 1 N–H and O–H groups in total. The highest BCUT2D eigenvalue weighted by Crippen LogP contribution is 2.72. The Morgan fingerprint density at radius 1 is 1.22 bits per heavy atom. The molecule has 0 heterocycles. The number of hydrogen-bond acceptors (Lipinski definition) is 5. The molecule has 4 saturated carbocycles. The summed E-state index contributed by atoms with van der Waals surface area (Å²) >= 11 is 6.03. The molecule has 4 aliphatic rings. The summed E-state index contributed by atoms with van der Waals surface area (Å²) in [5.41, 5.74) is -4.99. The lowest BCUT2D eigenvalue weighted by molar-refractivity contribution is -0.257. The van der Waals surface area contributed by atoms with Crippen molar-refractivity contribution in [3.8, 4) is 0 Å². The molecule has 0 amide bonds. The van der Waals surface area contributed by atoms with Gasteiger partial charge in [-0.2, -0.15) is 0 Å². The van der Waals surface area contributed by atoms with Gasteiger partial charge in [0.05, 0.1) is 12.0 Å². The van der Waals surface area contributed by atoms with Crippen molar-refractivity contribution in [2.45, 2.75) is 96.4 Å². The van der Waals surface area contributed by atoms with Crippen LogP contribution in [0.4, 0.5) is 4.39 Å². The van der Waals surface area contributed by atoms with Crippen molar-refractivity contribution < 1.29 is 28.6 Å². The van der Waals surface area contributed by atoms with E-state index in [4.69, 9.17) is 16.3 Å². The van der Waals surface area contributed by atoms with E-state index in [-0.39, 0.29) is 48.0 Å². The van der Waals surface area contributed by atoms with E-state index in [0.717, 1.165) is 6.42 Å². The third kappa shape index (κ3) is 2.80. The van der Waals surface area contributed by atoms with Crippen LogP contribution in [0.2, 0.25) is 0 Å². The smallest absolute Gasteiger partial charge is 0.306 e. The van der Waals surface area contributed by atoms with Gasteiger partial charge in [0.2, 0.25) is 0 Å². The van der Waals surface area contributed by atoms with Gasteiger partial charge in [-0.3, -0.25) is 14.4 Å². The lowest BCUT2D eigenvalue weighted by Crippen LogP contribution is -2.71. The Morgan fingerprint density at radius 2 is 1.91 bits per heavy atom. The first-order valence-corrected chi connectivity index (χ1v) is 12.7. The van der Waals surface area contributed by atoms with E-state index in [1.807, 2.05) is 20.8 Å². The van der Waals surface area contributed by atoms with Crippen molar-refractivity contribution >= 4 is 29.1 Å². The quantitative estimate of drug-likeness (QED) is 0.486. The first-order valence-electron chi connectivity index (χ1n) is 12.1. The van der Waals surface area contributed by atoms with Crippen LogP contribution in [0, 0.1) is 34.5 Å². The van der Waals surface area contributed by atoms with Crippen LogP contribution in [-0.4, -0.2) is 45.9 Å². The monoisotopic (exact) mass is 470 g/mol. The molecule has 5 nitrogen and oxygen atoms in total. The molecular formula is C25H36ClFO5. The van der Waals surface area contributed by atoms with Crippen LogP contribution in [0.3, 0.4) is 0 Å². The van der Waals surface area contributed by atoms with Crippen LogP contribution in [0.25, 0.3) is 0 Å². The van der Waals surface area contributed by atoms with Crippen LogP contribution in [0.15, 0.2) is 0 Å². The van der Waals surface area contributed by atoms with Gasteiger partial charge in [0, 0.05) is 36.0 Å². The SMILES string of the molecule is CCC(=O)O[C@@]1(C(=O)CCl)[C@@H](C)C[C@H]2[C@@H]3CC[C@@H]4CC(=O)CC[C@]4(C)[C@@]3(F)[C@@H](O)C[C@@]21C. The van der Waals surface area contributed by atoms with Gasteiger partial charge in [-0.1, -0.05) is 27.7 Å². The van der Waals surface area contributed by atoms with E-state index in [1.165, 1.54) is 0 Å². The van der Waals surface area contributed by atoms with Gasteiger partial charge >= 0.3 is 5.97 Å². The van der Waals surface area contributed by atoms with Gasteiger partial charge in [0.15, 0.2) is 11.4 Å². The second-order valence-electron chi connectivity index (χ2n) is 11.3. The molecule has 9 atom stereocenters. The highest BCUT2D eigenvalue weighted by atomic mass is 35.5. The molecule has 0 saturated heterocycles. The van der Waals surface area contributed by atoms with Crippen molar-refractivity contribution in [1.29, 1.82) is 0 Å². The topological polar surface area (TPSA) is 80.7 Å². The number of Topliss-reactive ketones (excluding diaryl/α,β-unsaturated/α-hetero) is 2. The molecule has 0 aromatic carbocycles. The summed E-state index contributed by atoms with van der Waals surface area (Å²) in [4.78, 5) is 37.9. The fraction of sp³-hybridized carbons (Fsp3) is 0.880. The van der Waals surface area contributed by atoms with Crippen LogP contribution >= 0.6 is 11.6 Å². The van der Waals surface area contributed by atoms with Crippen molar-refractivity contribution in [3.63, 3.8) is 0 Å². The van der Waals surface area contributed by atoms with Crippen molar-refractivity contribution in [1.82, 2.24) is 0 Å². The Bertz CT molecular complexity index is 833. The molecule has 0 radical (unpaired) electrons. The van der Waals surface area contributed by atoms with E-state index < -0.39 is 40.1 Å². The molecule has 4 rings (SSSR count). The van der Waals surface area contributed by atoms with Gasteiger partial charge in [-0.15, -0.1) is 11.6 Å². The Labute approximate surface area is 194 Å². The highest BCUT2D eigenvalue weighted by Gasteiger charge is 2.77. The lowest BCUT2D eigenvalue weighted by atomic mass is 9.42. The number of aliphatic hydroxyl groups excluding tert-OH is 1. The maximum Gasteiger partial charge on any atom is 0.306 e. The molecule has 7 heteroatoms. The number of ketones is 2. The van der Waals surface area contributed by atoms with Gasteiger partial charge in [-0.05, 0) is 49.9 Å². The summed E-state index contributed by atoms with van der Waals surface area (Å²) < 4.78 is 23.2. The summed E-state index contributed by atoms with van der Waals surface area (Å²) in [6.07, 6.45) is 1.85. The molecule has 0 aromatic rings. The van der Waals surface area contributed by atoms with E-state index in [2.05, 4.69) is 0 Å². The number of aliphatic hydroxyl groups is 1. The van der Waals surface area contributed by atoms with Crippen LogP contribution in [0.1, 0.15) is 79.1 Å². The maximum atomic E-state index is 17.3. The fourth-order valence-electron chi connectivity index (χ4n) is 8.59. The van der Waals surface area contributed by atoms with Crippen LogP contribution in [0.5, 0.6) is 0 Å². The number of esters is 1. The minimum absolute atomic E-state index is 0.0326. The third-order valence-corrected chi connectivity index (χ3v) is 10.4. The Kier molecular flexibility index (Phi) is 5.85. The first-order chi connectivity index (χ1) is 14.9. The molecule has 4 aliphatic carbocycles. The standard InChI is InChI=1S/C25H36ClFO5/c1-5-21(31)32-25(20(30)13-26)14(2)10-18-17-7-6-15-11-16(28)8-9-22(15,3)24(17,27)19(29)12-23(18,25)4/h14-15,17-19,29H,5-13H2,1-4H3/t14-,15+,17-,18-,19-,22-,23-,24-,25+/m0/s1. The predicted octanol–water partition coefficient (Wildman–Crippen LogP) is 4.41. The molecule has 0 aliphatic heterocycles. The van der Waals surface area contributed by atoms with Gasteiger partial charge < -0.3 is 9.84 Å². The minimum Gasteiger partial charge on any atom is -0.450 e. The molecule has 32 heavy (non-hydrogen) atoms. The molecule has 0 aromatic heterocycles. The highest BCUT2D eigenvalue weighted by molar-refractivity contribution is 6.29. The summed E-state index contributed by atoms with van der Waals surface area (Å²) in [7, 11) is 0. The maximum absolute atomic E-state index is 17.3. The number of halogens is 2. The Balaban J connectivity index is 1.81. The minimum atomic E-state index is -1.84. The zero-order valence-electron chi connectivity index (χ0n) is 19.6. The average Bonchev–Trinajstić information content (AvgIpc) is 2.96. The summed E-state index contributed by atoms with van der Waals surface area (Å²) in [6, 6.07) is 0. The first kappa shape index (κ1) is 24.1. The number of fused-ring (bicyclic) bond motifs is 5. The molecule has 180 valence electrons. The summed E-state index contributed by atoms with van der Waals surface area (Å²) in [5.74, 6) is -2.05. The number of rotatable bonds is 4. The normalized spacial score (nSPS) is 50.2. The number of ether oxygens (including phenoxy) is 1. The predicted molar refractivity (Wildman–Crippen MR) is 118 cm³/mol. The Hall–Kier alpha value is -1.01. The number of carbonyl (C=O) groups is 3. The van der Waals surface area contributed by atoms with Crippen molar-refractivity contribution in [3.05, 3.63) is 0 Å². The van der Waals surface area contributed by atoms with E-state index >= 15 is 4.39 Å². The number of alkyl halides is 2. The fourth-order valence-corrected chi connectivity index (χ4v) is 8.79. The van der Waals surface area contributed by atoms with E-state index in [9.17, 15) is 19.5 Å². The molecule has 0 unspecified atom stereocenters. The van der Waals surface area contributed by atoms with Crippen molar-refractivity contribution in [2.75, 3.05) is 5.88 Å². The second-order valence-corrected chi connectivity index (χ2v) is 11.6. The van der Waals surface area contributed by atoms with Crippen LogP contribution < -0.4 is 0 Å². The molecular weight excluding hydrogens is 435 g/mol.